The Hall–Kier alpha value is -2.47. The van der Waals surface area contributed by atoms with Crippen LogP contribution in [0.5, 0.6) is 5.75 Å². The molecule has 1 amide bonds. The number of amides is 1. The summed E-state index contributed by atoms with van der Waals surface area (Å²) in [4.78, 5) is 15.6. The van der Waals surface area contributed by atoms with E-state index in [0.717, 1.165) is 35.9 Å². The van der Waals surface area contributed by atoms with Gasteiger partial charge >= 0.3 is 0 Å². The van der Waals surface area contributed by atoms with Gasteiger partial charge in [-0.3, -0.25) is 4.79 Å². The van der Waals surface area contributed by atoms with Crippen molar-refractivity contribution in [3.8, 4) is 5.75 Å². The minimum Gasteiger partial charge on any atom is -0.486 e. The second kappa shape index (κ2) is 6.68. The fourth-order valence-electron chi connectivity index (χ4n) is 3.19. The van der Waals surface area contributed by atoms with Gasteiger partial charge in [0.2, 0.25) is 5.91 Å². The molecule has 2 N–H and O–H groups in total. The largest absolute Gasteiger partial charge is 0.486 e. The van der Waals surface area contributed by atoms with Gasteiger partial charge in [0.05, 0.1) is 11.6 Å². The number of aromatic amines is 1. The van der Waals surface area contributed by atoms with Crippen molar-refractivity contribution in [3.05, 3.63) is 46.9 Å². The van der Waals surface area contributed by atoms with Crippen LogP contribution in [0.3, 0.4) is 0 Å². The standard InChI is InChI=1S/C19H20ClN3O3/c1-19(4-2-5-19)18(24)21-10-14-7-12-8-15(20)17(9-16(12)22-14)25-11-13-3-6-26-23-13/h3,6-9,22H,2,4-5,10-11H2,1H3,(H,21,24). The number of hydrogen-bond donors (Lipinski definition) is 2. The minimum atomic E-state index is -0.197. The van der Waals surface area contributed by atoms with E-state index in [1.54, 1.807) is 6.07 Å². The van der Waals surface area contributed by atoms with E-state index in [1.165, 1.54) is 6.26 Å². The molecule has 0 spiro atoms. The highest BCUT2D eigenvalue weighted by atomic mass is 35.5. The zero-order valence-electron chi connectivity index (χ0n) is 14.5. The molecule has 0 aliphatic heterocycles. The molecule has 6 nitrogen and oxygen atoms in total. The second-order valence-electron chi connectivity index (χ2n) is 7.04. The van der Waals surface area contributed by atoms with Gasteiger partial charge in [0, 0.05) is 34.1 Å². The zero-order valence-corrected chi connectivity index (χ0v) is 15.2. The van der Waals surface area contributed by atoms with Crippen molar-refractivity contribution in [2.75, 3.05) is 0 Å². The third-order valence-electron chi connectivity index (χ3n) is 5.04. The van der Waals surface area contributed by atoms with Crippen LogP contribution < -0.4 is 10.1 Å². The number of carbonyl (C=O) groups is 1. The Morgan fingerprint density at radius 2 is 2.27 bits per heavy atom. The van der Waals surface area contributed by atoms with Crippen molar-refractivity contribution in [3.63, 3.8) is 0 Å². The summed E-state index contributed by atoms with van der Waals surface area (Å²) in [6.07, 6.45) is 4.56. The van der Waals surface area contributed by atoms with E-state index in [0.29, 0.717) is 23.0 Å². The lowest BCUT2D eigenvalue weighted by Gasteiger charge is -2.36. The predicted octanol–water partition coefficient (Wildman–Crippen LogP) is 4.19. The molecule has 4 rings (SSSR count). The van der Waals surface area contributed by atoms with E-state index >= 15 is 0 Å². The van der Waals surface area contributed by atoms with Gasteiger partial charge in [-0.25, -0.2) is 0 Å². The summed E-state index contributed by atoms with van der Waals surface area (Å²) in [6.45, 7) is 2.77. The van der Waals surface area contributed by atoms with E-state index in [1.807, 2.05) is 25.1 Å². The molecule has 2 aromatic heterocycles. The van der Waals surface area contributed by atoms with E-state index in [2.05, 4.69) is 15.5 Å². The van der Waals surface area contributed by atoms with Crippen molar-refractivity contribution in [2.45, 2.75) is 39.3 Å². The lowest BCUT2D eigenvalue weighted by molar-refractivity contribution is -0.134. The molecule has 1 aliphatic carbocycles. The number of nitrogens with zero attached hydrogens (tertiary/aromatic N) is 1. The number of carbonyl (C=O) groups excluding carboxylic acids is 1. The summed E-state index contributed by atoms with van der Waals surface area (Å²) in [5.41, 5.74) is 2.34. The highest BCUT2D eigenvalue weighted by molar-refractivity contribution is 6.32. The number of fused-ring (bicyclic) bond motifs is 1. The molecular weight excluding hydrogens is 354 g/mol. The molecule has 0 saturated heterocycles. The summed E-state index contributed by atoms with van der Waals surface area (Å²) in [5, 5.41) is 8.33. The van der Waals surface area contributed by atoms with Gasteiger partial charge in [-0.05, 0) is 25.0 Å². The van der Waals surface area contributed by atoms with E-state index < -0.39 is 0 Å². The molecule has 1 aliphatic rings. The first-order chi connectivity index (χ1) is 12.5. The van der Waals surface area contributed by atoms with Crippen molar-refractivity contribution >= 4 is 28.4 Å². The lowest BCUT2D eigenvalue weighted by Crippen LogP contribution is -2.43. The van der Waals surface area contributed by atoms with Crippen molar-refractivity contribution < 1.29 is 14.1 Å². The first kappa shape index (κ1) is 17.0. The molecule has 0 bridgehead atoms. The van der Waals surface area contributed by atoms with Crippen LogP contribution in [0.4, 0.5) is 0 Å². The quantitative estimate of drug-likeness (QED) is 0.678. The first-order valence-corrected chi connectivity index (χ1v) is 9.03. The first-order valence-electron chi connectivity index (χ1n) is 8.65. The third-order valence-corrected chi connectivity index (χ3v) is 5.34. The molecule has 1 saturated carbocycles. The van der Waals surface area contributed by atoms with Crippen LogP contribution in [0.1, 0.15) is 37.6 Å². The Labute approximate surface area is 155 Å². The Balaban J connectivity index is 1.45. The van der Waals surface area contributed by atoms with Gasteiger partial charge in [-0.1, -0.05) is 30.1 Å². The molecular formula is C19H20ClN3O3. The Kier molecular flexibility index (Phi) is 4.36. The summed E-state index contributed by atoms with van der Waals surface area (Å²) >= 11 is 6.31. The number of benzene rings is 1. The molecule has 1 fully saturated rings. The van der Waals surface area contributed by atoms with E-state index in [4.69, 9.17) is 20.9 Å². The van der Waals surface area contributed by atoms with Crippen molar-refractivity contribution in [1.29, 1.82) is 0 Å². The van der Waals surface area contributed by atoms with Gasteiger partial charge in [0.25, 0.3) is 0 Å². The van der Waals surface area contributed by atoms with E-state index in [9.17, 15) is 4.79 Å². The van der Waals surface area contributed by atoms with Gasteiger partial charge in [-0.2, -0.15) is 0 Å². The second-order valence-corrected chi connectivity index (χ2v) is 7.45. The van der Waals surface area contributed by atoms with Gasteiger partial charge in [0.15, 0.2) is 0 Å². The normalized spacial score (nSPS) is 15.6. The number of H-pyrrole nitrogens is 1. The van der Waals surface area contributed by atoms with Crippen molar-refractivity contribution in [2.24, 2.45) is 5.41 Å². The van der Waals surface area contributed by atoms with Crippen molar-refractivity contribution in [1.82, 2.24) is 15.5 Å². The van der Waals surface area contributed by atoms with Crippen LogP contribution in [-0.2, 0) is 17.9 Å². The summed E-state index contributed by atoms with van der Waals surface area (Å²) in [5.74, 6) is 0.693. The highest BCUT2D eigenvalue weighted by Crippen LogP contribution is 2.40. The Morgan fingerprint density at radius 3 is 2.96 bits per heavy atom. The minimum absolute atomic E-state index is 0.122. The molecule has 7 heteroatoms. The molecule has 2 heterocycles. The summed E-state index contributed by atoms with van der Waals surface area (Å²) in [6, 6.07) is 7.44. The Bertz CT molecular complexity index is 929. The number of hydrogen-bond acceptors (Lipinski definition) is 4. The third kappa shape index (κ3) is 3.29. The van der Waals surface area contributed by atoms with Gasteiger partial charge in [-0.15, -0.1) is 0 Å². The van der Waals surface area contributed by atoms with Crippen LogP contribution in [0.15, 0.2) is 35.1 Å². The van der Waals surface area contributed by atoms with Crippen LogP contribution in [0, 0.1) is 5.41 Å². The van der Waals surface area contributed by atoms with Crippen LogP contribution in [-0.4, -0.2) is 16.0 Å². The highest BCUT2D eigenvalue weighted by Gasteiger charge is 2.38. The fourth-order valence-corrected chi connectivity index (χ4v) is 3.41. The van der Waals surface area contributed by atoms with Gasteiger partial charge in [0.1, 0.15) is 24.3 Å². The molecule has 136 valence electrons. The molecule has 1 aromatic carbocycles. The number of aromatic nitrogens is 2. The van der Waals surface area contributed by atoms with E-state index in [-0.39, 0.29) is 17.9 Å². The monoisotopic (exact) mass is 373 g/mol. The molecule has 0 radical (unpaired) electrons. The maximum Gasteiger partial charge on any atom is 0.226 e. The number of nitrogens with one attached hydrogen (secondary N) is 2. The predicted molar refractivity (Wildman–Crippen MR) is 97.9 cm³/mol. The Morgan fingerprint density at radius 1 is 1.42 bits per heavy atom. The number of ether oxygens (including phenoxy) is 1. The molecule has 3 aromatic rings. The maximum absolute atomic E-state index is 12.3. The smallest absolute Gasteiger partial charge is 0.226 e. The molecule has 0 atom stereocenters. The molecule has 0 unspecified atom stereocenters. The lowest BCUT2D eigenvalue weighted by atomic mass is 9.70. The van der Waals surface area contributed by atoms with Gasteiger partial charge < -0.3 is 19.6 Å². The fraction of sp³-hybridized carbons (Fsp3) is 0.368. The average Bonchev–Trinajstić information content (AvgIpc) is 3.24. The summed E-state index contributed by atoms with van der Waals surface area (Å²) in [7, 11) is 0. The van der Waals surface area contributed by atoms with Crippen LogP contribution in [0.2, 0.25) is 5.02 Å². The van der Waals surface area contributed by atoms with Crippen LogP contribution >= 0.6 is 11.6 Å². The topological polar surface area (TPSA) is 80.2 Å². The molecule has 26 heavy (non-hydrogen) atoms. The summed E-state index contributed by atoms with van der Waals surface area (Å²) < 4.78 is 10.5. The zero-order chi connectivity index (χ0) is 18.1. The number of halogens is 1. The van der Waals surface area contributed by atoms with Crippen LogP contribution in [0.25, 0.3) is 10.9 Å². The maximum atomic E-state index is 12.3. The SMILES string of the molecule is CC1(C(=O)NCc2cc3cc(Cl)c(OCc4ccon4)cc3[nH]2)CCC1. The number of rotatable bonds is 6. The average molecular weight is 374 g/mol.